The van der Waals surface area contributed by atoms with Gasteiger partial charge in [0, 0.05) is 6.07 Å². The van der Waals surface area contributed by atoms with Gasteiger partial charge in [0.25, 0.3) is 5.91 Å². The minimum Gasteiger partial charge on any atom is -0.483 e. The summed E-state index contributed by atoms with van der Waals surface area (Å²) >= 11 is 0. The average molecular weight is 349 g/mol. The summed E-state index contributed by atoms with van der Waals surface area (Å²) in [7, 11) is 0. The van der Waals surface area contributed by atoms with Gasteiger partial charge in [0.1, 0.15) is 11.6 Å². The molecule has 0 aliphatic carbocycles. The lowest BCUT2D eigenvalue weighted by atomic mass is 10.1. The SMILES string of the molecule is Cc1ccc(Cn2nccc2NC(=O)COc2cccc(C)c2C)cc1. The number of hydrogen-bond donors (Lipinski definition) is 1. The van der Waals surface area contributed by atoms with Crippen LogP contribution in [0.1, 0.15) is 22.3 Å². The molecular weight excluding hydrogens is 326 g/mol. The summed E-state index contributed by atoms with van der Waals surface area (Å²) < 4.78 is 7.42. The maximum absolute atomic E-state index is 12.3. The number of carbonyl (C=O) groups is 1. The van der Waals surface area contributed by atoms with Gasteiger partial charge < -0.3 is 10.1 Å². The van der Waals surface area contributed by atoms with Crippen LogP contribution in [0, 0.1) is 20.8 Å². The van der Waals surface area contributed by atoms with Crippen molar-refractivity contribution >= 4 is 11.7 Å². The Labute approximate surface area is 153 Å². The molecule has 0 unspecified atom stereocenters. The van der Waals surface area contributed by atoms with Crippen molar-refractivity contribution in [3.8, 4) is 5.75 Å². The van der Waals surface area contributed by atoms with E-state index >= 15 is 0 Å². The lowest BCUT2D eigenvalue weighted by Crippen LogP contribution is -2.22. The Bertz CT molecular complexity index is 898. The molecule has 0 bridgehead atoms. The molecule has 1 amide bonds. The van der Waals surface area contributed by atoms with Gasteiger partial charge in [-0.15, -0.1) is 0 Å². The van der Waals surface area contributed by atoms with Gasteiger partial charge >= 0.3 is 0 Å². The topological polar surface area (TPSA) is 56.2 Å². The quantitative estimate of drug-likeness (QED) is 0.735. The first kappa shape index (κ1) is 17.7. The van der Waals surface area contributed by atoms with Crippen molar-refractivity contribution in [3.05, 3.63) is 77.0 Å². The van der Waals surface area contributed by atoms with Gasteiger partial charge in [0.05, 0.1) is 12.7 Å². The summed E-state index contributed by atoms with van der Waals surface area (Å²) in [6.07, 6.45) is 1.68. The zero-order chi connectivity index (χ0) is 18.5. The van der Waals surface area contributed by atoms with E-state index in [1.807, 2.05) is 32.0 Å². The smallest absolute Gasteiger partial charge is 0.263 e. The van der Waals surface area contributed by atoms with E-state index in [4.69, 9.17) is 4.74 Å². The molecule has 26 heavy (non-hydrogen) atoms. The van der Waals surface area contributed by atoms with Crippen molar-refractivity contribution in [2.75, 3.05) is 11.9 Å². The first-order chi connectivity index (χ1) is 12.5. The zero-order valence-electron chi connectivity index (χ0n) is 15.3. The molecule has 1 aromatic heterocycles. The Morgan fingerprint density at radius 3 is 2.62 bits per heavy atom. The average Bonchev–Trinajstić information content (AvgIpc) is 3.05. The monoisotopic (exact) mass is 349 g/mol. The zero-order valence-corrected chi connectivity index (χ0v) is 15.3. The number of carbonyl (C=O) groups excluding carboxylic acids is 1. The highest BCUT2D eigenvalue weighted by Gasteiger charge is 2.10. The fraction of sp³-hybridized carbons (Fsp3) is 0.238. The van der Waals surface area contributed by atoms with Gasteiger partial charge in [-0.3, -0.25) is 4.79 Å². The molecule has 1 heterocycles. The molecule has 2 aromatic carbocycles. The minimum atomic E-state index is -0.212. The number of anilines is 1. The molecule has 3 aromatic rings. The largest absolute Gasteiger partial charge is 0.483 e. The number of aryl methyl sites for hydroxylation is 2. The van der Waals surface area contributed by atoms with E-state index in [1.54, 1.807) is 16.9 Å². The van der Waals surface area contributed by atoms with Crippen LogP contribution in [0.25, 0.3) is 0 Å². The number of hydrogen-bond acceptors (Lipinski definition) is 3. The molecule has 0 radical (unpaired) electrons. The van der Waals surface area contributed by atoms with Crippen molar-refractivity contribution < 1.29 is 9.53 Å². The fourth-order valence-corrected chi connectivity index (χ4v) is 2.63. The fourth-order valence-electron chi connectivity index (χ4n) is 2.63. The third-order valence-electron chi connectivity index (χ3n) is 4.35. The summed E-state index contributed by atoms with van der Waals surface area (Å²) in [5, 5.41) is 7.16. The molecule has 0 spiro atoms. The standard InChI is InChI=1S/C21H23N3O2/c1-15-7-9-18(10-8-15)13-24-20(11-12-22-24)23-21(25)14-26-19-6-4-5-16(2)17(19)3/h4-12H,13-14H2,1-3H3,(H,23,25). The van der Waals surface area contributed by atoms with Crippen molar-refractivity contribution in [2.45, 2.75) is 27.3 Å². The normalized spacial score (nSPS) is 10.6. The van der Waals surface area contributed by atoms with Crippen LogP contribution in [0.5, 0.6) is 5.75 Å². The first-order valence-electron chi connectivity index (χ1n) is 8.59. The van der Waals surface area contributed by atoms with Gasteiger partial charge in [-0.05, 0) is 43.5 Å². The lowest BCUT2D eigenvalue weighted by Gasteiger charge is -2.12. The number of ether oxygens (including phenoxy) is 1. The second-order valence-corrected chi connectivity index (χ2v) is 6.39. The molecule has 0 fully saturated rings. The Hall–Kier alpha value is -3.08. The van der Waals surface area contributed by atoms with Gasteiger partial charge in [-0.25, -0.2) is 4.68 Å². The third kappa shape index (κ3) is 4.30. The molecule has 0 atom stereocenters. The van der Waals surface area contributed by atoms with Crippen LogP contribution in [0.2, 0.25) is 0 Å². The molecule has 0 aliphatic rings. The van der Waals surface area contributed by atoms with Crippen LogP contribution in [-0.2, 0) is 11.3 Å². The van der Waals surface area contributed by atoms with Crippen molar-refractivity contribution in [1.82, 2.24) is 9.78 Å². The minimum absolute atomic E-state index is 0.0417. The summed E-state index contributed by atoms with van der Waals surface area (Å²) in [6, 6.07) is 15.8. The van der Waals surface area contributed by atoms with E-state index in [1.165, 1.54) is 5.56 Å². The number of amides is 1. The van der Waals surface area contributed by atoms with Crippen LogP contribution in [0.3, 0.4) is 0 Å². The van der Waals surface area contributed by atoms with Gasteiger partial charge in [0.15, 0.2) is 6.61 Å². The second kappa shape index (κ2) is 7.87. The Kier molecular flexibility index (Phi) is 5.37. The Morgan fingerprint density at radius 2 is 1.85 bits per heavy atom. The number of rotatable bonds is 6. The van der Waals surface area contributed by atoms with Crippen LogP contribution in [0.4, 0.5) is 5.82 Å². The maximum Gasteiger partial charge on any atom is 0.263 e. The van der Waals surface area contributed by atoms with E-state index in [-0.39, 0.29) is 12.5 Å². The van der Waals surface area contributed by atoms with Crippen molar-refractivity contribution in [3.63, 3.8) is 0 Å². The van der Waals surface area contributed by atoms with E-state index in [0.717, 1.165) is 22.4 Å². The van der Waals surface area contributed by atoms with Crippen LogP contribution >= 0.6 is 0 Å². The summed E-state index contributed by atoms with van der Waals surface area (Å²) in [5.74, 6) is 1.17. The predicted octanol–water partition coefficient (Wildman–Crippen LogP) is 3.87. The third-order valence-corrected chi connectivity index (χ3v) is 4.35. The predicted molar refractivity (Wildman–Crippen MR) is 103 cm³/mol. The highest BCUT2D eigenvalue weighted by atomic mass is 16.5. The molecule has 0 aliphatic heterocycles. The highest BCUT2D eigenvalue weighted by molar-refractivity contribution is 5.91. The maximum atomic E-state index is 12.3. The lowest BCUT2D eigenvalue weighted by molar-refractivity contribution is -0.118. The first-order valence-corrected chi connectivity index (χ1v) is 8.59. The van der Waals surface area contributed by atoms with Gasteiger partial charge in [0.2, 0.25) is 0 Å². The highest BCUT2D eigenvalue weighted by Crippen LogP contribution is 2.20. The van der Waals surface area contributed by atoms with Crippen LogP contribution in [0.15, 0.2) is 54.7 Å². The Balaban J connectivity index is 1.60. The Morgan fingerprint density at radius 1 is 1.08 bits per heavy atom. The molecule has 0 saturated heterocycles. The molecule has 3 rings (SSSR count). The summed E-state index contributed by atoms with van der Waals surface area (Å²) in [4.78, 5) is 12.3. The number of benzene rings is 2. The van der Waals surface area contributed by atoms with Crippen LogP contribution in [-0.4, -0.2) is 22.3 Å². The molecule has 5 heteroatoms. The molecule has 1 N–H and O–H groups in total. The van der Waals surface area contributed by atoms with E-state index < -0.39 is 0 Å². The van der Waals surface area contributed by atoms with Crippen LogP contribution < -0.4 is 10.1 Å². The number of aromatic nitrogens is 2. The van der Waals surface area contributed by atoms with E-state index in [9.17, 15) is 4.79 Å². The number of nitrogens with zero attached hydrogens (tertiary/aromatic N) is 2. The van der Waals surface area contributed by atoms with Crippen molar-refractivity contribution in [1.29, 1.82) is 0 Å². The molecule has 5 nitrogen and oxygen atoms in total. The molecule has 134 valence electrons. The molecular formula is C21H23N3O2. The van der Waals surface area contributed by atoms with Crippen molar-refractivity contribution in [2.24, 2.45) is 0 Å². The van der Waals surface area contributed by atoms with Gasteiger partial charge in [-0.2, -0.15) is 5.10 Å². The second-order valence-electron chi connectivity index (χ2n) is 6.39. The molecule has 0 saturated carbocycles. The number of nitrogens with one attached hydrogen (secondary N) is 1. The van der Waals surface area contributed by atoms with E-state index in [2.05, 4.69) is 41.6 Å². The summed E-state index contributed by atoms with van der Waals surface area (Å²) in [5.41, 5.74) is 4.52. The van der Waals surface area contributed by atoms with Gasteiger partial charge in [-0.1, -0.05) is 42.0 Å². The summed E-state index contributed by atoms with van der Waals surface area (Å²) in [6.45, 7) is 6.62. The van der Waals surface area contributed by atoms with E-state index in [0.29, 0.717) is 12.4 Å².